The van der Waals surface area contributed by atoms with Crippen LogP contribution in [0.5, 0.6) is 0 Å². The lowest BCUT2D eigenvalue weighted by Crippen LogP contribution is -1.88. The molecule has 0 aliphatic heterocycles. The molecule has 0 radical (unpaired) electrons. The summed E-state index contributed by atoms with van der Waals surface area (Å²) < 4.78 is 0. The molecule has 0 N–H and O–H groups in total. The van der Waals surface area contributed by atoms with Crippen LogP contribution in [0.2, 0.25) is 0 Å². The lowest BCUT2D eigenvalue weighted by molar-refractivity contribution is 0.760. The average molecular weight is 183 g/mol. The second kappa shape index (κ2) is 17.3. The van der Waals surface area contributed by atoms with Gasteiger partial charge in [-0.2, -0.15) is 0 Å². The van der Waals surface area contributed by atoms with E-state index in [9.17, 15) is 0 Å². The van der Waals surface area contributed by atoms with Crippen molar-refractivity contribution in [3.63, 3.8) is 0 Å². The molecular weight excluding hydrogens is 158 g/mol. The first-order valence-electron chi connectivity index (χ1n) is 5.01. The molecule has 0 rings (SSSR count). The summed E-state index contributed by atoms with van der Waals surface area (Å²) in [6.07, 6.45) is 3.60. The van der Waals surface area contributed by atoms with Crippen LogP contribution >= 0.6 is 0 Å². The van der Waals surface area contributed by atoms with Gasteiger partial charge in [0.05, 0.1) is 0 Å². The van der Waals surface area contributed by atoms with Crippen molar-refractivity contribution in [3.05, 3.63) is 24.4 Å². The first-order valence-corrected chi connectivity index (χ1v) is 5.01. The molecule has 1 heteroatoms. The predicted molar refractivity (Wildman–Crippen MR) is 65.4 cm³/mol. The molecule has 0 aromatic carbocycles. The van der Waals surface area contributed by atoms with Gasteiger partial charge in [0.2, 0.25) is 0 Å². The molecule has 78 valence electrons. The van der Waals surface area contributed by atoms with Crippen LogP contribution in [0.4, 0.5) is 0 Å². The molecule has 0 aliphatic carbocycles. The summed E-state index contributed by atoms with van der Waals surface area (Å²) in [4.78, 5) is 3.82. The fraction of sp³-hybridized carbons (Fsp3) is 0.583. The van der Waals surface area contributed by atoms with Crippen molar-refractivity contribution in [2.75, 3.05) is 0 Å². The van der Waals surface area contributed by atoms with Crippen LogP contribution in [-0.2, 0) is 0 Å². The SMILES string of the molecule is C=C/C=C(\N=C)C(C)C.CC.CC. The number of nitrogens with zero attached hydrogens (tertiary/aromatic N) is 1. The van der Waals surface area contributed by atoms with Crippen LogP contribution < -0.4 is 0 Å². The van der Waals surface area contributed by atoms with Gasteiger partial charge >= 0.3 is 0 Å². The molecular formula is C12H25N. The Hall–Kier alpha value is -0.850. The van der Waals surface area contributed by atoms with E-state index in [1.807, 2.05) is 33.8 Å². The van der Waals surface area contributed by atoms with Crippen LogP contribution in [-0.4, -0.2) is 6.72 Å². The van der Waals surface area contributed by atoms with Crippen molar-refractivity contribution in [1.82, 2.24) is 0 Å². The largest absolute Gasteiger partial charge is 0.269 e. The molecule has 0 saturated heterocycles. The Balaban J connectivity index is -0.000000218. The van der Waals surface area contributed by atoms with Gasteiger partial charge in [-0.05, 0) is 18.7 Å². The Morgan fingerprint density at radius 1 is 1.15 bits per heavy atom. The lowest BCUT2D eigenvalue weighted by Gasteiger charge is -2.01. The second-order valence-electron chi connectivity index (χ2n) is 2.14. The number of allylic oxidation sites excluding steroid dienone is 3. The van der Waals surface area contributed by atoms with E-state index in [1.54, 1.807) is 6.08 Å². The van der Waals surface area contributed by atoms with Crippen molar-refractivity contribution in [1.29, 1.82) is 0 Å². The van der Waals surface area contributed by atoms with Crippen LogP contribution in [0.1, 0.15) is 41.5 Å². The standard InChI is InChI=1S/C8H13N.2C2H6/c1-5-6-8(9-4)7(2)3;2*1-2/h5-7H,1,4H2,2-3H3;2*1-2H3/b8-6-;;. The number of rotatable bonds is 3. The highest BCUT2D eigenvalue weighted by atomic mass is 14.7. The minimum Gasteiger partial charge on any atom is -0.269 e. The molecule has 0 aromatic heterocycles. The molecule has 0 aliphatic rings. The average Bonchev–Trinajstić information content (AvgIpc) is 2.20. The van der Waals surface area contributed by atoms with Crippen LogP contribution in [0.3, 0.4) is 0 Å². The number of hydrogen-bond donors (Lipinski definition) is 0. The van der Waals surface area contributed by atoms with Gasteiger partial charge in [0.15, 0.2) is 0 Å². The minimum atomic E-state index is 0.445. The van der Waals surface area contributed by atoms with Crippen molar-refractivity contribution in [2.24, 2.45) is 10.9 Å². The Kier molecular flexibility index (Phi) is 24.0. The summed E-state index contributed by atoms with van der Waals surface area (Å²) in [5.74, 6) is 0.445. The minimum absolute atomic E-state index is 0.445. The van der Waals surface area contributed by atoms with Crippen molar-refractivity contribution >= 4 is 6.72 Å². The van der Waals surface area contributed by atoms with Gasteiger partial charge in [-0.15, -0.1) is 0 Å². The Bertz CT molecular complexity index is 132. The first-order chi connectivity index (χ1) is 6.22. The molecule has 0 bridgehead atoms. The first kappa shape index (κ1) is 18.0. The smallest absolute Gasteiger partial charge is 0.0421 e. The summed E-state index contributed by atoms with van der Waals surface area (Å²) in [5, 5.41) is 0. The summed E-state index contributed by atoms with van der Waals surface area (Å²) in [6, 6.07) is 0. The number of hydrogen-bond acceptors (Lipinski definition) is 1. The zero-order chi connectivity index (χ0) is 11.3. The van der Waals surface area contributed by atoms with E-state index in [-0.39, 0.29) is 0 Å². The zero-order valence-electron chi connectivity index (χ0n) is 10.1. The molecule has 0 heterocycles. The van der Waals surface area contributed by atoms with Crippen molar-refractivity contribution in [2.45, 2.75) is 41.5 Å². The molecule has 13 heavy (non-hydrogen) atoms. The maximum absolute atomic E-state index is 3.82. The van der Waals surface area contributed by atoms with Crippen LogP contribution in [0.15, 0.2) is 29.4 Å². The maximum atomic E-state index is 3.82. The Morgan fingerprint density at radius 2 is 1.54 bits per heavy atom. The van der Waals surface area contributed by atoms with E-state index in [2.05, 4.69) is 32.1 Å². The van der Waals surface area contributed by atoms with E-state index in [1.165, 1.54) is 0 Å². The van der Waals surface area contributed by atoms with Gasteiger partial charge in [-0.1, -0.05) is 54.2 Å². The highest BCUT2D eigenvalue weighted by Gasteiger charge is 1.95. The maximum Gasteiger partial charge on any atom is 0.0421 e. The highest BCUT2D eigenvalue weighted by Crippen LogP contribution is 2.08. The summed E-state index contributed by atoms with van der Waals surface area (Å²) in [5.41, 5.74) is 0.991. The lowest BCUT2D eigenvalue weighted by atomic mass is 10.1. The molecule has 1 nitrogen and oxygen atoms in total. The summed E-state index contributed by atoms with van der Waals surface area (Å²) in [7, 11) is 0. The van der Waals surface area contributed by atoms with E-state index in [0.717, 1.165) is 5.70 Å². The van der Waals surface area contributed by atoms with Crippen LogP contribution in [0, 0.1) is 5.92 Å². The van der Waals surface area contributed by atoms with Gasteiger partial charge < -0.3 is 0 Å². The van der Waals surface area contributed by atoms with Gasteiger partial charge in [0, 0.05) is 5.70 Å². The van der Waals surface area contributed by atoms with E-state index >= 15 is 0 Å². The summed E-state index contributed by atoms with van der Waals surface area (Å²) in [6.45, 7) is 19.1. The third-order valence-corrected chi connectivity index (χ3v) is 1.06. The van der Waals surface area contributed by atoms with E-state index in [4.69, 9.17) is 0 Å². The quantitative estimate of drug-likeness (QED) is 0.452. The molecule has 0 fully saturated rings. The summed E-state index contributed by atoms with van der Waals surface area (Å²) >= 11 is 0. The van der Waals surface area contributed by atoms with Gasteiger partial charge in [-0.25, -0.2) is 0 Å². The molecule has 0 unspecified atom stereocenters. The third kappa shape index (κ3) is 14.1. The fourth-order valence-corrected chi connectivity index (χ4v) is 0.548. The highest BCUT2D eigenvalue weighted by molar-refractivity contribution is 5.30. The Labute approximate surface area is 84.3 Å². The normalized spacial score (nSPS) is 9.00. The van der Waals surface area contributed by atoms with E-state index in [0.29, 0.717) is 5.92 Å². The second-order valence-corrected chi connectivity index (χ2v) is 2.14. The molecule has 0 atom stereocenters. The Morgan fingerprint density at radius 3 is 1.62 bits per heavy atom. The number of aliphatic imine (C=N–C) groups is 1. The fourth-order valence-electron chi connectivity index (χ4n) is 0.548. The van der Waals surface area contributed by atoms with Crippen molar-refractivity contribution < 1.29 is 0 Å². The monoisotopic (exact) mass is 183 g/mol. The predicted octanol–water partition coefficient (Wildman–Crippen LogP) is 4.47. The third-order valence-electron chi connectivity index (χ3n) is 1.06. The molecule has 0 saturated carbocycles. The van der Waals surface area contributed by atoms with Gasteiger partial charge in [0.1, 0.15) is 0 Å². The van der Waals surface area contributed by atoms with Crippen molar-refractivity contribution in [3.8, 4) is 0 Å². The molecule has 0 spiro atoms. The molecule has 0 amide bonds. The van der Waals surface area contributed by atoms with Gasteiger partial charge in [0.25, 0.3) is 0 Å². The van der Waals surface area contributed by atoms with E-state index < -0.39 is 0 Å². The zero-order valence-corrected chi connectivity index (χ0v) is 10.1. The van der Waals surface area contributed by atoms with Crippen LogP contribution in [0.25, 0.3) is 0 Å². The topological polar surface area (TPSA) is 12.4 Å². The molecule has 0 aromatic rings. The van der Waals surface area contributed by atoms with Gasteiger partial charge in [-0.3, -0.25) is 4.99 Å².